The number of rotatable bonds is 9. The van der Waals surface area contributed by atoms with Crippen LogP contribution in [0.5, 0.6) is 0 Å². The zero-order chi connectivity index (χ0) is 40.9. The molecule has 0 radical (unpaired) electrons. The first kappa shape index (κ1) is 46.0. The normalized spacial score (nSPS) is 29.4. The summed E-state index contributed by atoms with van der Waals surface area (Å²) in [7, 11) is 0. The van der Waals surface area contributed by atoms with Gasteiger partial charge in [-0.3, -0.25) is 43.2 Å². The highest BCUT2D eigenvalue weighted by Gasteiger charge is 2.44. The van der Waals surface area contributed by atoms with Crippen LogP contribution in [0.1, 0.15) is 52.9 Å². The molecule has 2 rings (SSSR count). The van der Waals surface area contributed by atoms with Crippen LogP contribution < -0.4 is 38.1 Å². The maximum Gasteiger partial charge on any atom is 0.246 e. The Morgan fingerprint density at radius 2 is 1.56 bits per heavy atom. The molecule has 2 saturated heterocycles. The Balaban J connectivity index is 2.57. The Kier molecular flexibility index (Phi) is 18.4. The van der Waals surface area contributed by atoms with E-state index in [-0.39, 0.29) is 18.7 Å². The third-order valence-electron chi connectivity index (χ3n) is 9.71. The molecule has 2 heterocycles. The Morgan fingerprint density at radius 1 is 0.907 bits per heavy atom. The van der Waals surface area contributed by atoms with Crippen LogP contribution in [-0.4, -0.2) is 148 Å². The van der Waals surface area contributed by atoms with E-state index in [9.17, 15) is 58.5 Å². The van der Waals surface area contributed by atoms with Gasteiger partial charge in [-0.1, -0.05) is 27.2 Å². The van der Waals surface area contributed by atoms with Gasteiger partial charge in [0, 0.05) is 44.0 Å². The average Bonchev–Trinajstić information content (AvgIpc) is 3.54. The summed E-state index contributed by atoms with van der Waals surface area (Å²) >= 11 is 4.15. The highest BCUT2D eigenvalue weighted by atomic mass is 32.1. The van der Waals surface area contributed by atoms with Crippen LogP contribution >= 0.6 is 12.6 Å². The molecule has 10 atom stereocenters. The molecule has 0 spiro atoms. The maximum atomic E-state index is 13.8. The van der Waals surface area contributed by atoms with Gasteiger partial charge in [0.1, 0.15) is 18.1 Å². The number of carbonyl (C=O) groups is 9. The number of hydrogen-bond acceptors (Lipinski definition) is 14. The van der Waals surface area contributed by atoms with E-state index in [0.29, 0.717) is 6.42 Å². The fraction of sp³-hybridized carbons (Fsp3) is 0.727. The van der Waals surface area contributed by atoms with Crippen molar-refractivity contribution in [3.63, 3.8) is 0 Å². The van der Waals surface area contributed by atoms with Crippen LogP contribution in [-0.2, 0) is 43.2 Å². The van der Waals surface area contributed by atoms with Gasteiger partial charge in [-0.05, 0) is 5.92 Å². The van der Waals surface area contributed by atoms with Crippen molar-refractivity contribution in [1.82, 2.24) is 31.5 Å². The van der Waals surface area contributed by atoms with E-state index in [4.69, 9.17) is 11.5 Å². The fourth-order valence-electron chi connectivity index (χ4n) is 6.11. The summed E-state index contributed by atoms with van der Waals surface area (Å²) in [6.45, 7) is 2.00. The minimum Gasteiger partial charge on any atom is -0.394 e. The lowest BCUT2D eigenvalue weighted by Gasteiger charge is -2.32. The number of nitrogens with zero attached hydrogens (tertiary/aromatic N) is 1. The van der Waals surface area contributed by atoms with E-state index in [1.54, 1.807) is 13.8 Å². The van der Waals surface area contributed by atoms with Crippen molar-refractivity contribution in [3.05, 3.63) is 0 Å². The van der Waals surface area contributed by atoms with Gasteiger partial charge in [0.05, 0.1) is 56.2 Å². The number of carbonyl (C=O) groups excluding carboxylic acids is 9. The van der Waals surface area contributed by atoms with Gasteiger partial charge in [-0.15, -0.1) is 0 Å². The predicted octanol–water partition coefficient (Wildman–Crippen LogP) is -5.40. The van der Waals surface area contributed by atoms with Crippen molar-refractivity contribution >= 4 is 65.5 Å². The van der Waals surface area contributed by atoms with Gasteiger partial charge in [0.2, 0.25) is 41.4 Å². The smallest absolute Gasteiger partial charge is 0.246 e. The minimum atomic E-state index is -1.66. The van der Waals surface area contributed by atoms with Gasteiger partial charge in [0.15, 0.2) is 11.6 Å². The zero-order valence-electron chi connectivity index (χ0n) is 30.6. The molecule has 20 nitrogen and oxygen atoms in total. The number of ketones is 2. The molecule has 0 aromatic carbocycles. The third kappa shape index (κ3) is 13.0. The van der Waals surface area contributed by atoms with Crippen molar-refractivity contribution in [1.29, 1.82) is 0 Å². The van der Waals surface area contributed by atoms with Crippen LogP contribution in [0.3, 0.4) is 0 Å². The van der Waals surface area contributed by atoms with Crippen LogP contribution in [0.4, 0.5) is 0 Å². The number of primary amides is 1. The molecule has 0 saturated carbocycles. The lowest BCUT2D eigenvalue weighted by Crippen LogP contribution is -2.58. The van der Waals surface area contributed by atoms with E-state index in [2.05, 4.69) is 39.2 Å². The second-order valence-electron chi connectivity index (χ2n) is 13.8. The van der Waals surface area contributed by atoms with Gasteiger partial charge in [0.25, 0.3) is 0 Å². The molecule has 2 aliphatic heterocycles. The number of fused-ring (bicyclic) bond motifs is 1. The fourth-order valence-corrected chi connectivity index (χ4v) is 6.41. The van der Waals surface area contributed by atoms with Crippen LogP contribution in [0, 0.1) is 23.7 Å². The number of nitrogens with two attached hydrogens (primary N) is 2. The number of hydrogen-bond donors (Lipinski definition) is 11. The molecule has 0 bridgehead atoms. The van der Waals surface area contributed by atoms with E-state index in [1.807, 2.05) is 0 Å². The number of nitrogens with one attached hydrogen (secondary N) is 5. The second kappa shape index (κ2) is 21.6. The third-order valence-corrected chi connectivity index (χ3v) is 10.2. The monoisotopic (exact) mass is 786 g/mol. The number of aliphatic hydroxyl groups excluding tert-OH is 3. The Bertz CT molecular complexity index is 1420. The van der Waals surface area contributed by atoms with Gasteiger partial charge >= 0.3 is 0 Å². The van der Waals surface area contributed by atoms with Crippen LogP contribution in [0.2, 0.25) is 0 Å². The molecule has 21 heteroatoms. The molecule has 0 aromatic rings. The standard InChI is InChI=1S/C33H54N8O12S/c1-4-15(2)27-32(52)36-10-19(43)5-18(14-54)30(50)38-21(8-25(35)47)33(53)41-12-20(44)7-22(41)31(51)40-28(16(3)24(46)13-42)23(45)6-17(9-34)29(49)37-11-26(48)39-27/h15-18,20-22,24,27-28,42,44,46,54H,4-14,34H2,1-3H3,(H2,35,47)(H,36,52)(H,37,49)(H,38,50)(H,39,48)(H,40,51). The molecule has 0 aromatic heterocycles. The van der Waals surface area contributed by atoms with Gasteiger partial charge < -0.3 is 58.3 Å². The topological polar surface area (TPSA) is 330 Å². The van der Waals surface area contributed by atoms with Crippen molar-refractivity contribution in [2.75, 3.05) is 38.5 Å². The molecular formula is C33H54N8O12S. The highest BCUT2D eigenvalue weighted by Crippen LogP contribution is 2.23. The Labute approximate surface area is 318 Å². The SMILES string of the molecule is CCC(C)C1NC(=O)CNC(=O)C(CN)CC(=O)C(C(C)C(O)CO)NC(=O)C2CC(O)CN2C(=O)C(CC(N)=O)NC(=O)C(CS)CC(=O)CNC1=O. The number of thiol groups is 1. The maximum absolute atomic E-state index is 13.8. The predicted molar refractivity (Wildman–Crippen MR) is 193 cm³/mol. The van der Waals surface area contributed by atoms with E-state index >= 15 is 0 Å². The summed E-state index contributed by atoms with van der Waals surface area (Å²) in [6.07, 6.45) is -4.49. The van der Waals surface area contributed by atoms with Crippen molar-refractivity contribution in [3.8, 4) is 0 Å². The van der Waals surface area contributed by atoms with Crippen molar-refractivity contribution < 1.29 is 58.5 Å². The average molecular weight is 787 g/mol. The summed E-state index contributed by atoms with van der Waals surface area (Å²) in [6, 6.07) is -5.81. The largest absolute Gasteiger partial charge is 0.394 e. The number of amides is 7. The first-order chi connectivity index (χ1) is 25.4. The summed E-state index contributed by atoms with van der Waals surface area (Å²) in [5.74, 6) is -11.8. The molecule has 304 valence electrons. The molecule has 12 N–H and O–H groups in total. The van der Waals surface area contributed by atoms with E-state index < -0.39 is 158 Å². The lowest BCUT2D eigenvalue weighted by atomic mass is 9.87. The minimum absolute atomic E-state index is 0.202. The highest BCUT2D eigenvalue weighted by molar-refractivity contribution is 7.80. The molecule has 2 aliphatic rings. The summed E-state index contributed by atoms with van der Waals surface area (Å²) < 4.78 is 0. The molecule has 2 fully saturated rings. The molecule has 0 aliphatic carbocycles. The van der Waals surface area contributed by atoms with Gasteiger partial charge in [-0.2, -0.15) is 12.6 Å². The number of Topliss-reactive ketones (excluding diaryl/α,β-unsaturated/α-hetero) is 2. The van der Waals surface area contributed by atoms with E-state index in [1.165, 1.54) is 6.92 Å². The number of aliphatic hydroxyl groups is 3. The first-order valence-corrected chi connectivity index (χ1v) is 18.4. The lowest BCUT2D eigenvalue weighted by molar-refractivity contribution is -0.144. The molecule has 10 unspecified atom stereocenters. The van der Waals surface area contributed by atoms with Crippen LogP contribution in [0.25, 0.3) is 0 Å². The van der Waals surface area contributed by atoms with Crippen LogP contribution in [0.15, 0.2) is 0 Å². The van der Waals surface area contributed by atoms with Gasteiger partial charge in [-0.25, -0.2) is 0 Å². The second-order valence-corrected chi connectivity index (χ2v) is 14.2. The van der Waals surface area contributed by atoms with E-state index in [0.717, 1.165) is 4.90 Å². The molecule has 7 amide bonds. The Morgan fingerprint density at radius 3 is 2.13 bits per heavy atom. The van der Waals surface area contributed by atoms with Crippen molar-refractivity contribution in [2.24, 2.45) is 35.1 Å². The quantitative estimate of drug-likeness (QED) is 0.0974. The Hall–Kier alpha value is -4.18. The first-order valence-electron chi connectivity index (χ1n) is 17.7. The molecule has 54 heavy (non-hydrogen) atoms. The summed E-state index contributed by atoms with van der Waals surface area (Å²) in [5.41, 5.74) is 11.2. The zero-order valence-corrected chi connectivity index (χ0v) is 31.5. The molecular weight excluding hydrogens is 732 g/mol. The van der Waals surface area contributed by atoms with Crippen molar-refractivity contribution in [2.45, 2.75) is 89.3 Å². The summed E-state index contributed by atoms with van der Waals surface area (Å²) in [4.78, 5) is 120. The summed E-state index contributed by atoms with van der Waals surface area (Å²) in [5, 5.41) is 42.8.